The van der Waals surface area contributed by atoms with Crippen molar-refractivity contribution in [1.29, 1.82) is 0 Å². The normalized spacial score (nSPS) is 14.1. The Morgan fingerprint density at radius 1 is 1.35 bits per heavy atom. The number of ether oxygens (including phenoxy) is 2. The van der Waals surface area contributed by atoms with Crippen LogP contribution in [-0.2, 0) is 4.74 Å². The number of hydrogen-bond donors (Lipinski definition) is 2. The van der Waals surface area contributed by atoms with E-state index in [2.05, 4.69) is 6.92 Å². The Bertz CT molecular complexity index is 399. The topological polar surface area (TPSA) is 64.7 Å². The van der Waals surface area contributed by atoms with Crippen LogP contribution in [0, 0.1) is 0 Å². The average molecular weight is 302 g/mol. The third-order valence-electron chi connectivity index (χ3n) is 2.85. The molecular weight excluding hydrogens is 278 g/mol. The number of halogens is 1. The van der Waals surface area contributed by atoms with Crippen LogP contribution in [0.3, 0.4) is 0 Å². The molecule has 0 aliphatic heterocycles. The van der Waals surface area contributed by atoms with Gasteiger partial charge in [0.25, 0.3) is 0 Å². The third-order valence-corrected chi connectivity index (χ3v) is 3.08. The lowest BCUT2D eigenvalue weighted by atomic mass is 10.1. The number of benzene rings is 1. The van der Waals surface area contributed by atoms with E-state index in [9.17, 15) is 5.11 Å². The second kappa shape index (κ2) is 9.19. The molecular formula is C15H24ClNO3. The number of nitrogens with two attached hydrogens (primary N) is 1. The van der Waals surface area contributed by atoms with Gasteiger partial charge in [0.15, 0.2) is 0 Å². The van der Waals surface area contributed by atoms with Crippen molar-refractivity contribution in [2.24, 2.45) is 5.73 Å². The van der Waals surface area contributed by atoms with Crippen molar-refractivity contribution in [1.82, 2.24) is 0 Å². The van der Waals surface area contributed by atoms with Crippen molar-refractivity contribution < 1.29 is 14.6 Å². The molecule has 4 nitrogen and oxygen atoms in total. The monoisotopic (exact) mass is 301 g/mol. The average Bonchev–Trinajstić information content (AvgIpc) is 2.42. The largest absolute Gasteiger partial charge is 0.490 e. The fraction of sp³-hybridized carbons (Fsp3) is 0.600. The lowest BCUT2D eigenvalue weighted by molar-refractivity contribution is 0.0111. The van der Waals surface area contributed by atoms with Crippen LogP contribution in [0.25, 0.3) is 0 Å². The minimum absolute atomic E-state index is 0.174. The number of aliphatic hydroxyl groups excluding tert-OH is 1. The highest BCUT2D eigenvalue weighted by molar-refractivity contribution is 6.30. The molecule has 0 heterocycles. The highest BCUT2D eigenvalue weighted by atomic mass is 35.5. The first-order valence-corrected chi connectivity index (χ1v) is 7.36. The van der Waals surface area contributed by atoms with Crippen molar-refractivity contribution in [3.05, 3.63) is 28.8 Å². The maximum atomic E-state index is 9.79. The third kappa shape index (κ3) is 6.09. The molecule has 5 heteroatoms. The SMILES string of the molecule is CCCCOCC(O)COc1ccc(Cl)cc1[C@@H](C)N. The second-order valence-corrected chi connectivity index (χ2v) is 5.30. The summed E-state index contributed by atoms with van der Waals surface area (Å²) in [5, 5.41) is 10.4. The zero-order valence-corrected chi connectivity index (χ0v) is 12.9. The van der Waals surface area contributed by atoms with Gasteiger partial charge in [0.1, 0.15) is 18.5 Å². The van der Waals surface area contributed by atoms with E-state index in [4.69, 9.17) is 26.8 Å². The van der Waals surface area contributed by atoms with Gasteiger partial charge in [-0.3, -0.25) is 0 Å². The van der Waals surface area contributed by atoms with E-state index < -0.39 is 6.10 Å². The molecule has 0 aromatic heterocycles. The Morgan fingerprint density at radius 2 is 2.10 bits per heavy atom. The van der Waals surface area contributed by atoms with Crippen LogP contribution in [0.5, 0.6) is 5.75 Å². The maximum Gasteiger partial charge on any atom is 0.124 e. The summed E-state index contributed by atoms with van der Waals surface area (Å²) in [6, 6.07) is 5.12. The molecule has 0 amide bonds. The van der Waals surface area contributed by atoms with Crippen molar-refractivity contribution in [3.63, 3.8) is 0 Å². The van der Waals surface area contributed by atoms with Crippen LogP contribution in [0.4, 0.5) is 0 Å². The van der Waals surface area contributed by atoms with Gasteiger partial charge in [-0.25, -0.2) is 0 Å². The summed E-state index contributed by atoms with van der Waals surface area (Å²) >= 11 is 5.94. The number of hydrogen-bond acceptors (Lipinski definition) is 4. The molecule has 20 heavy (non-hydrogen) atoms. The number of rotatable bonds is 9. The molecule has 1 aromatic carbocycles. The van der Waals surface area contributed by atoms with Gasteiger partial charge in [0, 0.05) is 23.2 Å². The van der Waals surface area contributed by atoms with Crippen LogP contribution in [-0.4, -0.2) is 31.0 Å². The summed E-state index contributed by atoms with van der Waals surface area (Å²) in [7, 11) is 0. The van der Waals surface area contributed by atoms with Crippen LogP contribution in [0.15, 0.2) is 18.2 Å². The van der Waals surface area contributed by atoms with Crippen LogP contribution in [0.1, 0.15) is 38.3 Å². The summed E-state index contributed by atoms with van der Waals surface area (Å²) in [6.45, 7) is 5.08. The van der Waals surface area contributed by atoms with Crippen molar-refractivity contribution in [2.45, 2.75) is 38.8 Å². The Labute approximate surface area is 125 Å². The molecule has 114 valence electrons. The molecule has 0 saturated heterocycles. The Balaban J connectivity index is 2.44. The van der Waals surface area contributed by atoms with E-state index in [0.717, 1.165) is 18.4 Å². The standard InChI is InChI=1S/C15H24ClNO3/c1-3-4-7-19-9-13(18)10-20-15-6-5-12(16)8-14(15)11(2)17/h5-6,8,11,13,18H,3-4,7,9-10,17H2,1-2H3/t11-,13?/m1/s1. The van der Waals surface area contributed by atoms with E-state index in [-0.39, 0.29) is 19.3 Å². The molecule has 1 aromatic rings. The lowest BCUT2D eigenvalue weighted by Gasteiger charge is -2.17. The summed E-state index contributed by atoms with van der Waals surface area (Å²) in [6.07, 6.45) is 1.43. The zero-order chi connectivity index (χ0) is 15.0. The van der Waals surface area contributed by atoms with Crippen molar-refractivity contribution in [2.75, 3.05) is 19.8 Å². The molecule has 3 N–H and O–H groups in total. The fourth-order valence-corrected chi connectivity index (χ4v) is 1.89. The number of aliphatic hydroxyl groups is 1. The van der Waals surface area contributed by atoms with E-state index in [1.807, 2.05) is 6.92 Å². The van der Waals surface area contributed by atoms with Gasteiger partial charge < -0.3 is 20.3 Å². The molecule has 0 fully saturated rings. The summed E-state index contributed by atoms with van der Waals surface area (Å²) in [5.41, 5.74) is 6.71. The van der Waals surface area contributed by atoms with E-state index in [1.165, 1.54) is 0 Å². The van der Waals surface area contributed by atoms with E-state index in [0.29, 0.717) is 17.4 Å². The van der Waals surface area contributed by atoms with Gasteiger partial charge in [-0.2, -0.15) is 0 Å². The quantitative estimate of drug-likeness (QED) is 0.688. The first kappa shape index (κ1) is 17.2. The zero-order valence-electron chi connectivity index (χ0n) is 12.1. The van der Waals surface area contributed by atoms with Crippen molar-refractivity contribution in [3.8, 4) is 5.75 Å². The summed E-state index contributed by atoms with van der Waals surface area (Å²) < 4.78 is 10.9. The van der Waals surface area contributed by atoms with E-state index >= 15 is 0 Å². The molecule has 1 unspecified atom stereocenters. The van der Waals surface area contributed by atoms with Crippen LogP contribution in [0.2, 0.25) is 5.02 Å². The summed E-state index contributed by atoms with van der Waals surface area (Å²) in [5.74, 6) is 0.650. The highest BCUT2D eigenvalue weighted by Crippen LogP contribution is 2.27. The molecule has 0 radical (unpaired) electrons. The van der Waals surface area contributed by atoms with Crippen LogP contribution < -0.4 is 10.5 Å². The predicted molar refractivity (Wildman–Crippen MR) is 81.3 cm³/mol. The van der Waals surface area contributed by atoms with Gasteiger partial charge >= 0.3 is 0 Å². The molecule has 0 bridgehead atoms. The highest BCUT2D eigenvalue weighted by Gasteiger charge is 2.11. The first-order chi connectivity index (χ1) is 9.54. The fourth-order valence-electron chi connectivity index (χ4n) is 1.71. The molecule has 0 saturated carbocycles. The summed E-state index contributed by atoms with van der Waals surface area (Å²) in [4.78, 5) is 0. The van der Waals surface area contributed by atoms with Gasteiger partial charge in [0.2, 0.25) is 0 Å². The van der Waals surface area contributed by atoms with Gasteiger partial charge in [-0.15, -0.1) is 0 Å². The lowest BCUT2D eigenvalue weighted by Crippen LogP contribution is -2.24. The predicted octanol–water partition coefficient (Wildman–Crippen LogP) is 2.92. The molecule has 0 aliphatic rings. The van der Waals surface area contributed by atoms with Gasteiger partial charge in [-0.05, 0) is 31.5 Å². The molecule has 2 atom stereocenters. The molecule has 0 spiro atoms. The minimum Gasteiger partial charge on any atom is -0.490 e. The first-order valence-electron chi connectivity index (χ1n) is 6.98. The van der Waals surface area contributed by atoms with E-state index in [1.54, 1.807) is 18.2 Å². The molecule has 0 aliphatic carbocycles. The Kier molecular flexibility index (Phi) is 7.92. The van der Waals surface area contributed by atoms with Gasteiger partial charge in [-0.1, -0.05) is 24.9 Å². The van der Waals surface area contributed by atoms with Gasteiger partial charge in [0.05, 0.1) is 6.61 Å². The smallest absolute Gasteiger partial charge is 0.124 e. The Morgan fingerprint density at radius 3 is 2.75 bits per heavy atom. The van der Waals surface area contributed by atoms with Crippen LogP contribution >= 0.6 is 11.6 Å². The van der Waals surface area contributed by atoms with Crippen molar-refractivity contribution >= 4 is 11.6 Å². The minimum atomic E-state index is -0.650. The Hall–Kier alpha value is -0.810. The number of unbranched alkanes of at least 4 members (excludes halogenated alkanes) is 1. The maximum absolute atomic E-state index is 9.79. The second-order valence-electron chi connectivity index (χ2n) is 4.86. The molecule has 1 rings (SSSR count).